The number of aliphatic hydroxyl groups excluding tert-OH is 1. The Hall–Kier alpha value is -0.350. The van der Waals surface area contributed by atoms with Crippen molar-refractivity contribution in [3.63, 3.8) is 0 Å². The summed E-state index contributed by atoms with van der Waals surface area (Å²) >= 11 is 3.53. The smallest absolute Gasteiger partial charge is 0.0738 e. The van der Waals surface area contributed by atoms with Gasteiger partial charge in [0.15, 0.2) is 0 Å². The van der Waals surface area contributed by atoms with Crippen LogP contribution in [0, 0.1) is 12.8 Å². The highest BCUT2D eigenvalue weighted by atomic mass is 79.9. The fourth-order valence-electron chi connectivity index (χ4n) is 1.46. The maximum atomic E-state index is 9.01. The molecule has 1 atom stereocenters. The number of halogens is 1. The molecule has 80 valence electrons. The number of aromatic nitrogens is 2. The van der Waals surface area contributed by atoms with Crippen molar-refractivity contribution in [2.45, 2.75) is 33.7 Å². The van der Waals surface area contributed by atoms with E-state index >= 15 is 0 Å². The zero-order valence-corrected chi connectivity index (χ0v) is 10.5. The summed E-state index contributed by atoms with van der Waals surface area (Å²) in [6.07, 6.45) is 0.867. The van der Waals surface area contributed by atoms with Gasteiger partial charge in [0.2, 0.25) is 0 Å². The highest BCUT2D eigenvalue weighted by molar-refractivity contribution is 9.10. The summed E-state index contributed by atoms with van der Waals surface area (Å²) in [4.78, 5) is 0. The first-order chi connectivity index (χ1) is 6.60. The van der Waals surface area contributed by atoms with Crippen LogP contribution in [-0.2, 0) is 13.0 Å². The second kappa shape index (κ2) is 4.94. The van der Waals surface area contributed by atoms with Crippen LogP contribution in [0.25, 0.3) is 0 Å². The molecule has 0 fully saturated rings. The van der Waals surface area contributed by atoms with Crippen LogP contribution >= 0.6 is 15.9 Å². The van der Waals surface area contributed by atoms with E-state index in [0.29, 0.717) is 0 Å². The molecule has 1 unspecified atom stereocenters. The van der Waals surface area contributed by atoms with Gasteiger partial charge >= 0.3 is 0 Å². The van der Waals surface area contributed by atoms with Crippen molar-refractivity contribution in [3.8, 4) is 0 Å². The predicted molar refractivity (Wildman–Crippen MR) is 60.3 cm³/mol. The molecule has 0 bridgehead atoms. The first-order valence-corrected chi connectivity index (χ1v) is 5.72. The monoisotopic (exact) mass is 260 g/mol. The van der Waals surface area contributed by atoms with Gasteiger partial charge in [-0.05, 0) is 42.1 Å². The van der Waals surface area contributed by atoms with Gasteiger partial charge in [-0.1, -0.05) is 6.92 Å². The first-order valence-electron chi connectivity index (χ1n) is 4.92. The van der Waals surface area contributed by atoms with Crippen LogP contribution in [0.5, 0.6) is 0 Å². The predicted octanol–water partition coefficient (Wildman–Crippen LogP) is 2.14. The Morgan fingerprint density at radius 1 is 1.57 bits per heavy atom. The Kier molecular flexibility index (Phi) is 4.13. The minimum Gasteiger partial charge on any atom is -0.396 e. The second-order valence-corrected chi connectivity index (χ2v) is 4.45. The summed E-state index contributed by atoms with van der Waals surface area (Å²) in [6, 6.07) is 0. The zero-order valence-electron chi connectivity index (χ0n) is 8.92. The molecule has 0 saturated carbocycles. The summed E-state index contributed by atoms with van der Waals surface area (Å²) in [6.45, 7) is 7.20. The molecule has 0 aliphatic heterocycles. The Balaban J connectivity index is 2.93. The van der Waals surface area contributed by atoms with Crippen LogP contribution in [0.2, 0.25) is 0 Å². The first kappa shape index (κ1) is 11.7. The molecule has 0 spiro atoms. The van der Waals surface area contributed by atoms with Gasteiger partial charge in [-0.2, -0.15) is 5.10 Å². The lowest BCUT2D eigenvalue weighted by Gasteiger charge is -2.09. The Morgan fingerprint density at radius 2 is 2.21 bits per heavy atom. The lowest BCUT2D eigenvalue weighted by atomic mass is 10.1. The largest absolute Gasteiger partial charge is 0.396 e. The SMILES string of the molecule is CCn1nc(C)c(Br)c1CC(C)CO. The standard InChI is InChI=1S/C10H17BrN2O/c1-4-13-9(5-7(2)6-14)10(11)8(3)12-13/h7,14H,4-6H2,1-3H3. The summed E-state index contributed by atoms with van der Waals surface area (Å²) in [5, 5.41) is 13.4. The van der Waals surface area contributed by atoms with Crippen LogP contribution in [-0.4, -0.2) is 21.5 Å². The van der Waals surface area contributed by atoms with Crippen LogP contribution in [0.4, 0.5) is 0 Å². The number of nitrogens with zero attached hydrogens (tertiary/aromatic N) is 2. The van der Waals surface area contributed by atoms with Crippen LogP contribution in [0.3, 0.4) is 0 Å². The molecule has 1 aromatic heterocycles. The van der Waals surface area contributed by atoms with Gasteiger partial charge in [-0.3, -0.25) is 4.68 Å². The van der Waals surface area contributed by atoms with E-state index in [2.05, 4.69) is 28.0 Å². The molecule has 3 nitrogen and oxygen atoms in total. The minimum absolute atomic E-state index is 0.223. The van der Waals surface area contributed by atoms with E-state index in [4.69, 9.17) is 5.11 Å². The van der Waals surface area contributed by atoms with Crippen molar-refractivity contribution < 1.29 is 5.11 Å². The molecular weight excluding hydrogens is 244 g/mol. The average molecular weight is 261 g/mol. The van der Waals surface area contributed by atoms with E-state index in [9.17, 15) is 0 Å². The Bertz CT molecular complexity index is 309. The third kappa shape index (κ3) is 2.36. The molecule has 1 heterocycles. The zero-order chi connectivity index (χ0) is 10.7. The second-order valence-electron chi connectivity index (χ2n) is 3.65. The topological polar surface area (TPSA) is 38.0 Å². The molecule has 1 N–H and O–H groups in total. The van der Waals surface area contributed by atoms with Gasteiger partial charge in [0.05, 0.1) is 15.9 Å². The fourth-order valence-corrected chi connectivity index (χ4v) is 1.90. The summed E-state index contributed by atoms with van der Waals surface area (Å²) < 4.78 is 3.07. The maximum Gasteiger partial charge on any atom is 0.0738 e. The van der Waals surface area contributed by atoms with Gasteiger partial charge in [0, 0.05) is 13.2 Å². The molecule has 0 radical (unpaired) electrons. The fraction of sp³-hybridized carbons (Fsp3) is 0.700. The third-order valence-electron chi connectivity index (χ3n) is 2.31. The van der Waals surface area contributed by atoms with Gasteiger partial charge < -0.3 is 5.11 Å². The molecule has 1 aromatic rings. The molecule has 4 heteroatoms. The summed E-state index contributed by atoms with van der Waals surface area (Å²) in [7, 11) is 0. The average Bonchev–Trinajstić information content (AvgIpc) is 2.45. The molecule has 0 amide bonds. The number of rotatable bonds is 4. The van der Waals surface area contributed by atoms with Crippen molar-refractivity contribution in [2.75, 3.05) is 6.61 Å². The van der Waals surface area contributed by atoms with Crippen LogP contribution in [0.1, 0.15) is 25.2 Å². The summed E-state index contributed by atoms with van der Waals surface area (Å²) in [5.74, 6) is 0.285. The van der Waals surface area contributed by atoms with Crippen LogP contribution < -0.4 is 0 Å². The van der Waals surface area contributed by atoms with E-state index in [0.717, 1.165) is 23.1 Å². The van der Waals surface area contributed by atoms with Gasteiger partial charge in [-0.25, -0.2) is 0 Å². The third-order valence-corrected chi connectivity index (χ3v) is 3.34. The van der Waals surface area contributed by atoms with Crippen molar-refractivity contribution in [1.29, 1.82) is 0 Å². The van der Waals surface area contributed by atoms with Gasteiger partial charge in [0.25, 0.3) is 0 Å². The molecular formula is C10H17BrN2O. The van der Waals surface area contributed by atoms with E-state index in [1.165, 1.54) is 5.69 Å². The summed E-state index contributed by atoms with van der Waals surface area (Å²) in [5.41, 5.74) is 2.21. The van der Waals surface area contributed by atoms with Crippen molar-refractivity contribution in [3.05, 3.63) is 15.9 Å². The number of aryl methyl sites for hydroxylation is 2. The molecule has 0 aliphatic rings. The lowest BCUT2D eigenvalue weighted by molar-refractivity contribution is 0.235. The Labute approximate surface area is 93.3 Å². The van der Waals surface area contributed by atoms with Crippen molar-refractivity contribution in [1.82, 2.24) is 9.78 Å². The molecule has 14 heavy (non-hydrogen) atoms. The van der Waals surface area contributed by atoms with E-state index in [1.54, 1.807) is 0 Å². The van der Waals surface area contributed by atoms with Crippen molar-refractivity contribution in [2.24, 2.45) is 5.92 Å². The van der Waals surface area contributed by atoms with E-state index in [-0.39, 0.29) is 12.5 Å². The highest BCUT2D eigenvalue weighted by Gasteiger charge is 2.14. The lowest BCUT2D eigenvalue weighted by Crippen LogP contribution is -2.10. The Morgan fingerprint density at radius 3 is 2.71 bits per heavy atom. The van der Waals surface area contributed by atoms with E-state index < -0.39 is 0 Å². The highest BCUT2D eigenvalue weighted by Crippen LogP contribution is 2.23. The molecule has 1 rings (SSSR count). The number of hydrogen-bond acceptors (Lipinski definition) is 2. The van der Waals surface area contributed by atoms with Crippen LogP contribution in [0.15, 0.2) is 4.47 Å². The minimum atomic E-state index is 0.223. The maximum absolute atomic E-state index is 9.01. The van der Waals surface area contributed by atoms with Crippen molar-refractivity contribution >= 4 is 15.9 Å². The van der Waals surface area contributed by atoms with Gasteiger partial charge in [-0.15, -0.1) is 0 Å². The number of hydrogen-bond donors (Lipinski definition) is 1. The number of aliphatic hydroxyl groups is 1. The van der Waals surface area contributed by atoms with Gasteiger partial charge in [0.1, 0.15) is 0 Å². The molecule has 0 aliphatic carbocycles. The normalized spacial score (nSPS) is 13.2. The van der Waals surface area contributed by atoms with E-state index in [1.807, 2.05) is 18.5 Å². The molecule has 0 aromatic carbocycles. The molecule has 0 saturated heterocycles. The quantitative estimate of drug-likeness (QED) is 0.901.